The van der Waals surface area contributed by atoms with Crippen molar-refractivity contribution in [1.82, 2.24) is 14.5 Å². The van der Waals surface area contributed by atoms with Gasteiger partial charge in [-0.25, -0.2) is 18.6 Å². The molecule has 0 radical (unpaired) electrons. The summed E-state index contributed by atoms with van der Waals surface area (Å²) in [6, 6.07) is 3.43. The quantitative estimate of drug-likeness (QED) is 0.671. The molecule has 1 aliphatic heterocycles. The predicted octanol–water partition coefficient (Wildman–Crippen LogP) is -0.382. The molecule has 11 heteroatoms. The van der Waals surface area contributed by atoms with E-state index in [1.807, 2.05) is 0 Å². The van der Waals surface area contributed by atoms with Crippen molar-refractivity contribution in [3.8, 4) is 0 Å². The van der Waals surface area contributed by atoms with Gasteiger partial charge in [0.15, 0.2) is 12.4 Å². The molecule has 1 saturated heterocycles. The number of carbonyl (C=O) groups excluding carboxylic acids is 1. The van der Waals surface area contributed by atoms with E-state index >= 15 is 0 Å². The van der Waals surface area contributed by atoms with Gasteiger partial charge < -0.3 is 20.3 Å². The molecule has 3 N–H and O–H groups in total. The number of hydrogen-bond donors (Lipinski definition) is 3. The molecule has 0 saturated carbocycles. The molecule has 2 aromatic heterocycles. The van der Waals surface area contributed by atoms with E-state index in [1.54, 1.807) is 0 Å². The highest BCUT2D eigenvalue weighted by atomic mass is 19.1. The average Bonchev–Trinajstić information content (AvgIpc) is 2.90. The van der Waals surface area contributed by atoms with Crippen LogP contribution in [-0.4, -0.2) is 55.6 Å². The number of pyridine rings is 1. The lowest BCUT2D eigenvalue weighted by Gasteiger charge is -2.16. The van der Waals surface area contributed by atoms with Crippen LogP contribution in [0.2, 0.25) is 0 Å². The molecule has 1 fully saturated rings. The number of amides is 1. The summed E-state index contributed by atoms with van der Waals surface area (Å²) in [5, 5.41) is 20.9. The molecule has 2 aromatic rings. The zero-order valence-corrected chi connectivity index (χ0v) is 13.1. The maximum Gasteiger partial charge on any atom is 0.351 e. The first-order valence-corrected chi connectivity index (χ1v) is 7.51. The van der Waals surface area contributed by atoms with Gasteiger partial charge in [0.1, 0.15) is 29.5 Å². The van der Waals surface area contributed by atoms with Crippen LogP contribution < -0.4 is 11.0 Å². The van der Waals surface area contributed by atoms with Crippen molar-refractivity contribution in [1.29, 1.82) is 0 Å². The Morgan fingerprint density at radius 1 is 1.38 bits per heavy atom. The Morgan fingerprint density at radius 2 is 2.15 bits per heavy atom. The Morgan fingerprint density at radius 3 is 2.73 bits per heavy atom. The molecule has 3 heterocycles. The molecule has 3 rings (SSSR count). The van der Waals surface area contributed by atoms with Crippen molar-refractivity contribution in [2.75, 3.05) is 11.9 Å². The predicted molar refractivity (Wildman–Crippen MR) is 82.5 cm³/mol. The molecule has 0 aromatic carbocycles. The first kappa shape index (κ1) is 18.0. The highest BCUT2D eigenvalue weighted by Gasteiger charge is 2.45. The minimum Gasteiger partial charge on any atom is -0.394 e. The summed E-state index contributed by atoms with van der Waals surface area (Å²) >= 11 is 0. The van der Waals surface area contributed by atoms with Crippen LogP contribution in [-0.2, 0) is 4.74 Å². The summed E-state index contributed by atoms with van der Waals surface area (Å²) < 4.78 is 32.8. The first-order chi connectivity index (χ1) is 12.4. The lowest BCUT2D eigenvalue weighted by Crippen LogP contribution is -2.33. The summed E-state index contributed by atoms with van der Waals surface area (Å²) in [4.78, 5) is 31.2. The Labute approximate surface area is 144 Å². The zero-order valence-electron chi connectivity index (χ0n) is 13.1. The third-order valence-corrected chi connectivity index (χ3v) is 3.78. The summed E-state index contributed by atoms with van der Waals surface area (Å²) in [6.45, 7) is -0.612. The third-order valence-electron chi connectivity index (χ3n) is 3.78. The van der Waals surface area contributed by atoms with E-state index in [-0.39, 0.29) is 11.5 Å². The molecular formula is C15H14F2N4O5. The Bertz CT molecular complexity index is 860. The number of carbonyl (C=O) groups is 1. The van der Waals surface area contributed by atoms with Crippen molar-refractivity contribution >= 4 is 11.7 Å². The normalized spacial score (nSPS) is 25.2. The van der Waals surface area contributed by atoms with Gasteiger partial charge in [-0.15, -0.1) is 0 Å². The third kappa shape index (κ3) is 3.45. The molecule has 26 heavy (non-hydrogen) atoms. The van der Waals surface area contributed by atoms with E-state index < -0.39 is 48.6 Å². The number of halogens is 2. The Balaban J connectivity index is 1.77. The highest BCUT2D eigenvalue weighted by molar-refractivity contribution is 6.02. The number of aliphatic hydroxyl groups is 2. The van der Waals surface area contributed by atoms with Gasteiger partial charge in [0.05, 0.1) is 12.8 Å². The summed E-state index contributed by atoms with van der Waals surface area (Å²) in [5.74, 6) is -1.45. The van der Waals surface area contributed by atoms with Crippen molar-refractivity contribution in [3.63, 3.8) is 0 Å². The second-order valence-electron chi connectivity index (χ2n) is 5.50. The van der Waals surface area contributed by atoms with Crippen molar-refractivity contribution in [3.05, 3.63) is 52.6 Å². The maximum atomic E-state index is 14.1. The molecular weight excluding hydrogens is 354 g/mol. The van der Waals surface area contributed by atoms with E-state index in [9.17, 15) is 23.5 Å². The minimum absolute atomic E-state index is 0.0887. The average molecular weight is 368 g/mol. The zero-order chi connectivity index (χ0) is 18.8. The van der Waals surface area contributed by atoms with Gasteiger partial charge in [-0.1, -0.05) is 0 Å². The molecule has 1 aliphatic rings. The van der Waals surface area contributed by atoms with Crippen molar-refractivity contribution in [2.24, 2.45) is 0 Å². The Kier molecular flexibility index (Phi) is 5.02. The first-order valence-electron chi connectivity index (χ1n) is 7.51. The SMILES string of the molecule is O=C(Nc1ccn([C@@H]2O[C@H](CO)[C@@H](O)[C@H]2F)c(=O)n1)c1ccc(F)cn1. The maximum absolute atomic E-state index is 14.1. The van der Waals surface area contributed by atoms with E-state index in [2.05, 4.69) is 15.3 Å². The van der Waals surface area contributed by atoms with Crippen LogP contribution in [0.4, 0.5) is 14.6 Å². The van der Waals surface area contributed by atoms with Gasteiger partial charge in [-0.3, -0.25) is 9.36 Å². The number of ether oxygens (including phenoxy) is 1. The molecule has 0 spiro atoms. The van der Waals surface area contributed by atoms with Crippen LogP contribution in [0.15, 0.2) is 35.4 Å². The van der Waals surface area contributed by atoms with Crippen LogP contribution in [0.3, 0.4) is 0 Å². The molecule has 1 amide bonds. The van der Waals surface area contributed by atoms with Crippen LogP contribution in [0.1, 0.15) is 16.7 Å². The lowest BCUT2D eigenvalue weighted by molar-refractivity contribution is -0.0490. The fourth-order valence-electron chi connectivity index (χ4n) is 2.44. The van der Waals surface area contributed by atoms with E-state index in [1.165, 1.54) is 6.07 Å². The summed E-state index contributed by atoms with van der Waals surface area (Å²) in [7, 11) is 0. The van der Waals surface area contributed by atoms with E-state index in [4.69, 9.17) is 9.84 Å². The fourth-order valence-corrected chi connectivity index (χ4v) is 2.44. The number of alkyl halides is 1. The molecule has 0 unspecified atom stereocenters. The second kappa shape index (κ2) is 7.23. The molecule has 0 bridgehead atoms. The number of aromatic nitrogens is 3. The Hall–Kier alpha value is -2.76. The van der Waals surface area contributed by atoms with Crippen LogP contribution in [0.5, 0.6) is 0 Å². The van der Waals surface area contributed by atoms with Gasteiger partial charge in [0, 0.05) is 6.20 Å². The van der Waals surface area contributed by atoms with Crippen LogP contribution in [0, 0.1) is 5.82 Å². The van der Waals surface area contributed by atoms with Crippen LogP contribution in [0.25, 0.3) is 0 Å². The molecule has 4 atom stereocenters. The second-order valence-corrected chi connectivity index (χ2v) is 5.50. The van der Waals surface area contributed by atoms with Gasteiger partial charge in [-0.05, 0) is 18.2 Å². The molecule has 0 aliphatic carbocycles. The minimum atomic E-state index is -1.93. The number of hydrogen-bond acceptors (Lipinski definition) is 7. The monoisotopic (exact) mass is 368 g/mol. The van der Waals surface area contributed by atoms with Gasteiger partial charge in [0.2, 0.25) is 0 Å². The number of aliphatic hydroxyl groups excluding tert-OH is 2. The molecule has 138 valence electrons. The van der Waals surface area contributed by atoms with Crippen molar-refractivity contribution in [2.45, 2.75) is 24.6 Å². The van der Waals surface area contributed by atoms with Gasteiger partial charge in [-0.2, -0.15) is 4.98 Å². The number of anilines is 1. The smallest absolute Gasteiger partial charge is 0.351 e. The van der Waals surface area contributed by atoms with E-state index in [0.717, 1.165) is 29.1 Å². The fraction of sp³-hybridized carbons (Fsp3) is 0.333. The number of nitrogens with zero attached hydrogens (tertiary/aromatic N) is 3. The standard InChI is InChI=1S/C15H14F2N4O5/c16-7-1-2-8(18-5-7)13(24)19-10-3-4-21(15(25)20-10)14-11(17)12(23)9(6-22)26-14/h1-5,9,11-12,14,22-23H,6H2,(H,19,20,24,25)/t9-,11-,12-,14-/m1/s1. The van der Waals surface area contributed by atoms with E-state index in [0.29, 0.717) is 0 Å². The van der Waals surface area contributed by atoms with Gasteiger partial charge >= 0.3 is 5.69 Å². The largest absolute Gasteiger partial charge is 0.394 e. The summed E-state index contributed by atoms with van der Waals surface area (Å²) in [5.41, 5.74) is -1.03. The summed E-state index contributed by atoms with van der Waals surface area (Å²) in [6.07, 6.45) is -4.14. The molecule has 9 nitrogen and oxygen atoms in total. The number of nitrogens with one attached hydrogen (secondary N) is 1. The number of rotatable bonds is 4. The van der Waals surface area contributed by atoms with Crippen molar-refractivity contribution < 1.29 is 28.5 Å². The lowest BCUT2D eigenvalue weighted by atomic mass is 10.1. The topological polar surface area (TPSA) is 127 Å². The highest BCUT2D eigenvalue weighted by Crippen LogP contribution is 2.30. The van der Waals surface area contributed by atoms with Gasteiger partial charge in [0.25, 0.3) is 5.91 Å². The van der Waals surface area contributed by atoms with Crippen LogP contribution >= 0.6 is 0 Å².